The van der Waals surface area contributed by atoms with Crippen molar-refractivity contribution in [2.45, 2.75) is 53.0 Å². The standard InChI is InChI=1S/C24H30ClN5O/c1-8-26-22(21(25)15(2)3)23(31)27-16(4)19-13-14-20(30-29-19)28-18-11-9-17(10-12-18)24(5,6)7/h8-14,16H,2H2,1,3-7H3,(H,27,31)(H,28,30)/b22-21+,26-8-. The summed E-state index contributed by atoms with van der Waals surface area (Å²) in [6.45, 7) is 15.6. The Labute approximate surface area is 189 Å². The molecular formula is C24H30ClN5O. The Balaban J connectivity index is 2.08. The second-order valence-electron chi connectivity index (χ2n) is 8.32. The summed E-state index contributed by atoms with van der Waals surface area (Å²) in [4.78, 5) is 16.7. The highest BCUT2D eigenvalue weighted by Crippen LogP contribution is 2.25. The maximum atomic E-state index is 12.6. The molecule has 1 aromatic carbocycles. The molecule has 0 aliphatic rings. The number of allylic oxidation sites excluding steroid dienone is 2. The molecule has 0 aliphatic heterocycles. The number of aliphatic imine (C=N–C) groups is 1. The van der Waals surface area contributed by atoms with Gasteiger partial charge >= 0.3 is 0 Å². The Bertz CT molecular complexity index is 986. The Morgan fingerprint density at radius 3 is 2.29 bits per heavy atom. The van der Waals surface area contributed by atoms with Crippen molar-refractivity contribution in [2.75, 3.05) is 5.32 Å². The van der Waals surface area contributed by atoms with E-state index < -0.39 is 5.91 Å². The lowest BCUT2D eigenvalue weighted by molar-refractivity contribution is -0.118. The topological polar surface area (TPSA) is 79.3 Å². The highest BCUT2D eigenvalue weighted by molar-refractivity contribution is 6.34. The molecule has 0 saturated carbocycles. The molecule has 0 aliphatic carbocycles. The van der Waals surface area contributed by atoms with Crippen LogP contribution in [0.5, 0.6) is 0 Å². The third-order valence-corrected chi connectivity index (χ3v) is 5.06. The molecule has 1 aromatic heterocycles. The van der Waals surface area contributed by atoms with E-state index in [2.05, 4.69) is 65.3 Å². The first-order valence-electron chi connectivity index (χ1n) is 10.1. The minimum atomic E-state index is -0.401. The fourth-order valence-electron chi connectivity index (χ4n) is 2.73. The van der Waals surface area contributed by atoms with Gasteiger partial charge in [0.25, 0.3) is 5.91 Å². The SMILES string of the molecule is C=C(C)/C(Cl)=C(\N=C/C)C(=O)NC(C)c1ccc(Nc2ccc(C(C)(C)C)cc2)nn1. The van der Waals surface area contributed by atoms with E-state index in [1.54, 1.807) is 13.8 Å². The van der Waals surface area contributed by atoms with Crippen LogP contribution >= 0.6 is 11.6 Å². The highest BCUT2D eigenvalue weighted by Gasteiger charge is 2.18. The van der Waals surface area contributed by atoms with Gasteiger partial charge in [0.15, 0.2) is 5.82 Å². The number of halogens is 1. The molecule has 0 fully saturated rings. The van der Waals surface area contributed by atoms with Gasteiger partial charge in [-0.25, -0.2) is 0 Å². The van der Waals surface area contributed by atoms with Crippen molar-refractivity contribution in [3.8, 4) is 0 Å². The predicted molar refractivity (Wildman–Crippen MR) is 129 cm³/mol. The summed E-state index contributed by atoms with van der Waals surface area (Å²) in [6.07, 6.45) is 1.51. The first kappa shape index (κ1) is 24.3. The number of nitrogens with zero attached hydrogens (tertiary/aromatic N) is 3. The molecule has 2 aromatic rings. The number of anilines is 2. The number of hydrogen-bond acceptors (Lipinski definition) is 5. The van der Waals surface area contributed by atoms with Crippen LogP contribution in [0.25, 0.3) is 0 Å². The van der Waals surface area contributed by atoms with Crippen LogP contribution in [0.4, 0.5) is 11.5 Å². The number of carbonyl (C=O) groups is 1. The van der Waals surface area contributed by atoms with Crippen LogP contribution in [-0.4, -0.2) is 22.3 Å². The third kappa shape index (κ3) is 6.76. The van der Waals surface area contributed by atoms with E-state index in [0.29, 0.717) is 17.1 Å². The molecule has 7 heteroatoms. The number of amides is 1. The molecule has 0 bridgehead atoms. The second kappa shape index (κ2) is 10.4. The van der Waals surface area contributed by atoms with Gasteiger partial charge in [-0.3, -0.25) is 9.79 Å². The molecule has 164 valence electrons. The molecule has 1 atom stereocenters. The van der Waals surface area contributed by atoms with Gasteiger partial charge in [0, 0.05) is 11.9 Å². The molecule has 0 radical (unpaired) electrons. The average molecular weight is 440 g/mol. The Morgan fingerprint density at radius 2 is 1.81 bits per heavy atom. The van der Waals surface area contributed by atoms with Crippen LogP contribution in [0.3, 0.4) is 0 Å². The van der Waals surface area contributed by atoms with E-state index in [9.17, 15) is 4.79 Å². The summed E-state index contributed by atoms with van der Waals surface area (Å²) in [5, 5.41) is 14.8. The third-order valence-electron chi connectivity index (χ3n) is 4.56. The lowest BCUT2D eigenvalue weighted by Crippen LogP contribution is -2.28. The lowest BCUT2D eigenvalue weighted by atomic mass is 9.87. The number of carbonyl (C=O) groups excluding carboxylic acids is 1. The van der Waals surface area contributed by atoms with Crippen molar-refractivity contribution >= 4 is 35.2 Å². The van der Waals surface area contributed by atoms with Crippen LogP contribution in [0.2, 0.25) is 0 Å². The maximum absolute atomic E-state index is 12.6. The van der Waals surface area contributed by atoms with Crippen LogP contribution in [0.15, 0.2) is 64.3 Å². The van der Waals surface area contributed by atoms with Crippen molar-refractivity contribution < 1.29 is 4.79 Å². The second-order valence-corrected chi connectivity index (χ2v) is 8.70. The van der Waals surface area contributed by atoms with E-state index in [1.807, 2.05) is 31.2 Å². The number of nitrogens with one attached hydrogen (secondary N) is 2. The number of hydrogen-bond donors (Lipinski definition) is 2. The molecule has 2 N–H and O–H groups in total. The Morgan fingerprint density at radius 1 is 1.16 bits per heavy atom. The summed E-state index contributed by atoms with van der Waals surface area (Å²) in [7, 11) is 0. The van der Waals surface area contributed by atoms with Crippen LogP contribution < -0.4 is 10.6 Å². The molecule has 0 saturated heterocycles. The fourth-order valence-corrected chi connectivity index (χ4v) is 2.86. The number of benzene rings is 1. The molecule has 1 heterocycles. The zero-order chi connectivity index (χ0) is 23.2. The maximum Gasteiger partial charge on any atom is 0.271 e. The first-order chi connectivity index (χ1) is 14.5. The van der Waals surface area contributed by atoms with Crippen LogP contribution in [-0.2, 0) is 10.2 Å². The van der Waals surface area contributed by atoms with Gasteiger partial charge in [-0.1, -0.05) is 51.1 Å². The average Bonchev–Trinajstić information content (AvgIpc) is 2.71. The fraction of sp³-hybridized carbons (Fsp3) is 0.333. The Hall–Kier alpha value is -2.99. The van der Waals surface area contributed by atoms with E-state index in [-0.39, 0.29) is 22.2 Å². The number of aromatic nitrogens is 2. The predicted octanol–water partition coefficient (Wildman–Crippen LogP) is 5.81. The van der Waals surface area contributed by atoms with Gasteiger partial charge < -0.3 is 10.6 Å². The molecule has 1 unspecified atom stereocenters. The van der Waals surface area contributed by atoms with Crippen molar-refractivity contribution in [2.24, 2.45) is 4.99 Å². The van der Waals surface area contributed by atoms with E-state index in [1.165, 1.54) is 11.8 Å². The summed E-state index contributed by atoms with van der Waals surface area (Å²) in [6, 6.07) is 11.5. The molecule has 2 rings (SSSR count). The summed E-state index contributed by atoms with van der Waals surface area (Å²) in [5.41, 5.74) is 3.60. The zero-order valence-corrected chi connectivity index (χ0v) is 19.7. The summed E-state index contributed by atoms with van der Waals surface area (Å²) < 4.78 is 0. The van der Waals surface area contributed by atoms with Crippen molar-refractivity contribution in [1.29, 1.82) is 0 Å². The van der Waals surface area contributed by atoms with Gasteiger partial charge in [0.05, 0.1) is 16.8 Å². The lowest BCUT2D eigenvalue weighted by Gasteiger charge is -2.19. The smallest absolute Gasteiger partial charge is 0.271 e. The monoisotopic (exact) mass is 439 g/mol. The zero-order valence-electron chi connectivity index (χ0n) is 19.0. The molecule has 31 heavy (non-hydrogen) atoms. The van der Waals surface area contributed by atoms with Crippen LogP contribution in [0, 0.1) is 0 Å². The molecule has 6 nitrogen and oxygen atoms in total. The first-order valence-corrected chi connectivity index (χ1v) is 10.5. The van der Waals surface area contributed by atoms with Crippen molar-refractivity contribution in [1.82, 2.24) is 15.5 Å². The summed E-state index contributed by atoms with van der Waals surface area (Å²) in [5.74, 6) is 0.216. The molecule has 1 amide bonds. The van der Waals surface area contributed by atoms with Crippen molar-refractivity contribution in [3.63, 3.8) is 0 Å². The van der Waals surface area contributed by atoms with Gasteiger partial charge in [-0.15, -0.1) is 5.10 Å². The van der Waals surface area contributed by atoms with E-state index >= 15 is 0 Å². The minimum Gasteiger partial charge on any atom is -0.342 e. The van der Waals surface area contributed by atoms with Crippen LogP contribution in [0.1, 0.15) is 58.8 Å². The minimum absolute atomic E-state index is 0.104. The Kier molecular flexibility index (Phi) is 8.11. The quantitative estimate of drug-likeness (QED) is 0.324. The van der Waals surface area contributed by atoms with Gasteiger partial charge in [-0.05, 0) is 61.6 Å². The largest absolute Gasteiger partial charge is 0.342 e. The summed E-state index contributed by atoms with van der Waals surface area (Å²) >= 11 is 6.19. The van der Waals surface area contributed by atoms with Gasteiger partial charge in [-0.2, -0.15) is 5.10 Å². The van der Waals surface area contributed by atoms with Crippen molar-refractivity contribution in [3.05, 3.63) is 70.5 Å². The number of rotatable bonds is 7. The molecule has 0 spiro atoms. The van der Waals surface area contributed by atoms with Gasteiger partial charge in [0.2, 0.25) is 0 Å². The highest BCUT2D eigenvalue weighted by atomic mass is 35.5. The normalized spacial score (nSPS) is 13.5. The van der Waals surface area contributed by atoms with E-state index in [4.69, 9.17) is 11.6 Å². The van der Waals surface area contributed by atoms with E-state index in [0.717, 1.165) is 5.69 Å². The van der Waals surface area contributed by atoms with Gasteiger partial charge in [0.1, 0.15) is 5.70 Å². The molecular weight excluding hydrogens is 410 g/mol.